The van der Waals surface area contributed by atoms with E-state index in [0.29, 0.717) is 13.2 Å². The minimum Gasteiger partial charge on any atom is -0.377 e. The van der Waals surface area contributed by atoms with E-state index in [1.807, 2.05) is 42.7 Å². The maximum Gasteiger partial charge on any atom is 0.0894 e. The van der Waals surface area contributed by atoms with Gasteiger partial charge in [-0.2, -0.15) is 0 Å². The summed E-state index contributed by atoms with van der Waals surface area (Å²) in [6, 6.07) is 27.1. The molecule has 5 nitrogen and oxygen atoms in total. The second-order valence-electron chi connectivity index (χ2n) is 12.2. The average molecular weight is 772 g/mol. The minimum absolute atomic E-state index is 0.605. The van der Waals surface area contributed by atoms with Crippen molar-refractivity contribution in [3.05, 3.63) is 111 Å². The van der Waals surface area contributed by atoms with Crippen molar-refractivity contribution in [3.63, 3.8) is 0 Å². The monoisotopic (exact) mass is 769 g/mol. The van der Waals surface area contributed by atoms with Gasteiger partial charge < -0.3 is 9.47 Å². The largest absolute Gasteiger partial charge is 0.377 e. The number of hydrogen-bond donors (Lipinski definition) is 0. The van der Waals surface area contributed by atoms with E-state index in [1.165, 1.54) is 38.5 Å². The lowest BCUT2D eigenvalue weighted by Crippen LogP contribution is -1.97. The smallest absolute Gasteiger partial charge is 0.0894 e. The molecule has 0 amide bonds. The van der Waals surface area contributed by atoms with Crippen LogP contribution in [0.1, 0.15) is 76.3 Å². The zero-order valence-electron chi connectivity index (χ0n) is 28.1. The fourth-order valence-electron chi connectivity index (χ4n) is 5.59. The Morgan fingerprint density at radius 2 is 0.979 bits per heavy atom. The molecule has 0 radical (unpaired) electrons. The lowest BCUT2D eigenvalue weighted by molar-refractivity contribution is 0.117. The van der Waals surface area contributed by atoms with Crippen molar-refractivity contribution in [2.45, 2.75) is 78.4 Å². The number of unbranched alkanes of at least 4 members (excludes halogenated alkanes) is 6. The molecule has 0 aliphatic carbocycles. The van der Waals surface area contributed by atoms with E-state index >= 15 is 0 Å². The molecule has 250 valence electrons. The molecule has 0 saturated heterocycles. The molecular weight excluding hydrogens is 726 g/mol. The third-order valence-corrected chi connectivity index (χ3v) is 9.12. The van der Waals surface area contributed by atoms with Crippen molar-refractivity contribution in [1.82, 2.24) is 15.0 Å². The van der Waals surface area contributed by atoms with Crippen LogP contribution in [0.5, 0.6) is 0 Å². The summed E-state index contributed by atoms with van der Waals surface area (Å²) in [5.41, 5.74) is 9.85. The predicted molar refractivity (Wildman–Crippen MR) is 205 cm³/mol. The third kappa shape index (κ3) is 10.9. The Morgan fingerprint density at radius 3 is 1.40 bits per heavy atom. The average Bonchev–Trinajstić information content (AvgIpc) is 3.11. The first-order chi connectivity index (χ1) is 23.5. The van der Waals surface area contributed by atoms with Crippen LogP contribution in [0.25, 0.3) is 45.0 Å². The van der Waals surface area contributed by atoms with Crippen molar-refractivity contribution >= 4 is 31.9 Å². The van der Waals surface area contributed by atoms with Crippen LogP contribution in [-0.2, 0) is 22.7 Å². The molecule has 0 unspecified atom stereocenters. The van der Waals surface area contributed by atoms with E-state index in [0.717, 1.165) is 91.2 Å². The number of rotatable bonds is 18. The van der Waals surface area contributed by atoms with Gasteiger partial charge in [-0.05, 0) is 95.8 Å². The van der Waals surface area contributed by atoms with Crippen LogP contribution < -0.4 is 0 Å². The summed E-state index contributed by atoms with van der Waals surface area (Å²) in [6.07, 6.45) is 13.5. The molecule has 5 rings (SSSR count). The Balaban J connectivity index is 1.23. The van der Waals surface area contributed by atoms with Gasteiger partial charge in [0.1, 0.15) is 0 Å². The number of ether oxygens (including phenoxy) is 2. The maximum absolute atomic E-state index is 5.94. The summed E-state index contributed by atoms with van der Waals surface area (Å²) in [6.45, 7) is 7.26. The molecule has 3 heterocycles. The number of nitrogens with zero attached hydrogens (tertiary/aromatic N) is 3. The number of benzene rings is 2. The van der Waals surface area contributed by atoms with Gasteiger partial charge in [-0.25, -0.2) is 4.98 Å². The highest BCUT2D eigenvalue weighted by atomic mass is 79.9. The first-order valence-corrected chi connectivity index (χ1v) is 18.8. The Bertz CT molecular complexity index is 1600. The standard InChI is InChI=1S/C41H45Br2N3O2/c1-3-5-7-9-18-47-28-30-20-34(24-36(42)22-30)32-14-16-38(44-26-32)40-12-11-13-41(46-40)39-17-15-33(27-45-39)35-21-31(23-37(43)25-35)29-48-19-10-8-6-4-2/h11-17,20-27H,3-10,18-19,28-29H2,1-2H3. The fourth-order valence-corrected chi connectivity index (χ4v) is 6.68. The highest BCUT2D eigenvalue weighted by molar-refractivity contribution is 9.10. The lowest BCUT2D eigenvalue weighted by atomic mass is 10.0. The number of hydrogen-bond acceptors (Lipinski definition) is 5. The van der Waals surface area contributed by atoms with E-state index in [9.17, 15) is 0 Å². The highest BCUT2D eigenvalue weighted by Crippen LogP contribution is 2.29. The van der Waals surface area contributed by atoms with Crippen molar-refractivity contribution in [1.29, 1.82) is 0 Å². The molecule has 48 heavy (non-hydrogen) atoms. The van der Waals surface area contributed by atoms with Gasteiger partial charge in [0.15, 0.2) is 0 Å². The quantitative estimate of drug-likeness (QED) is 0.0831. The maximum atomic E-state index is 5.94. The Labute approximate surface area is 302 Å². The third-order valence-electron chi connectivity index (χ3n) is 8.20. The zero-order valence-corrected chi connectivity index (χ0v) is 31.2. The van der Waals surface area contributed by atoms with E-state index in [-0.39, 0.29) is 0 Å². The van der Waals surface area contributed by atoms with Gasteiger partial charge in [0.05, 0.1) is 36.0 Å². The second-order valence-corrected chi connectivity index (χ2v) is 14.0. The molecule has 3 aromatic heterocycles. The molecule has 0 atom stereocenters. The van der Waals surface area contributed by atoms with Crippen molar-refractivity contribution in [2.75, 3.05) is 13.2 Å². The van der Waals surface area contributed by atoms with Gasteiger partial charge >= 0.3 is 0 Å². The van der Waals surface area contributed by atoms with Crippen LogP contribution >= 0.6 is 31.9 Å². The van der Waals surface area contributed by atoms with Gasteiger partial charge in [0, 0.05) is 45.7 Å². The summed E-state index contributed by atoms with van der Waals surface area (Å²) in [5.74, 6) is 0. The summed E-state index contributed by atoms with van der Waals surface area (Å²) >= 11 is 7.35. The molecule has 0 N–H and O–H groups in total. The molecular formula is C41H45Br2N3O2. The van der Waals surface area contributed by atoms with E-state index in [1.54, 1.807) is 0 Å². The molecule has 0 spiro atoms. The van der Waals surface area contributed by atoms with Crippen molar-refractivity contribution < 1.29 is 9.47 Å². The summed E-state index contributed by atoms with van der Waals surface area (Å²) < 4.78 is 14.0. The predicted octanol–water partition coefficient (Wildman–Crippen LogP) is 12.3. The number of aromatic nitrogens is 3. The van der Waals surface area contributed by atoms with E-state index in [2.05, 4.69) is 94.2 Å². The minimum atomic E-state index is 0.605. The molecule has 7 heteroatoms. The second kappa shape index (κ2) is 19.1. The van der Waals surface area contributed by atoms with E-state index in [4.69, 9.17) is 24.4 Å². The van der Waals surface area contributed by atoms with Crippen LogP contribution in [0.2, 0.25) is 0 Å². The number of pyridine rings is 3. The first-order valence-electron chi connectivity index (χ1n) is 17.2. The molecule has 5 aromatic rings. The zero-order chi connectivity index (χ0) is 33.6. The van der Waals surface area contributed by atoms with E-state index < -0.39 is 0 Å². The topological polar surface area (TPSA) is 57.1 Å². The normalized spacial score (nSPS) is 11.2. The van der Waals surface area contributed by atoms with Gasteiger partial charge in [-0.3, -0.25) is 9.97 Å². The van der Waals surface area contributed by atoms with Gasteiger partial charge in [0.25, 0.3) is 0 Å². The highest BCUT2D eigenvalue weighted by Gasteiger charge is 2.10. The Morgan fingerprint density at radius 1 is 0.500 bits per heavy atom. The Hall–Kier alpha value is -3.23. The molecule has 2 aromatic carbocycles. The van der Waals surface area contributed by atoms with Gasteiger partial charge in [0.2, 0.25) is 0 Å². The number of halogens is 2. The molecule has 0 saturated carbocycles. The van der Waals surface area contributed by atoms with Crippen molar-refractivity contribution in [3.8, 4) is 45.0 Å². The Kier molecular flexibility index (Phi) is 14.3. The van der Waals surface area contributed by atoms with Crippen LogP contribution in [-0.4, -0.2) is 28.2 Å². The lowest BCUT2D eigenvalue weighted by Gasteiger charge is -2.10. The summed E-state index contributed by atoms with van der Waals surface area (Å²) in [5, 5.41) is 0. The first kappa shape index (κ1) is 36.1. The SMILES string of the molecule is CCCCCCOCc1cc(Br)cc(-c2ccc(-c3cccc(-c4ccc(-c5cc(Br)cc(COCCCCCC)c5)cn4)n3)nc2)c1. The van der Waals surface area contributed by atoms with Gasteiger partial charge in [-0.1, -0.05) is 102 Å². The fraction of sp³-hybridized carbons (Fsp3) is 0.341. The van der Waals surface area contributed by atoms with Crippen LogP contribution in [0.3, 0.4) is 0 Å². The van der Waals surface area contributed by atoms with Crippen molar-refractivity contribution in [2.24, 2.45) is 0 Å². The molecule has 0 fully saturated rings. The van der Waals surface area contributed by atoms with Crippen LogP contribution in [0.15, 0.2) is 100 Å². The van der Waals surface area contributed by atoms with Crippen LogP contribution in [0, 0.1) is 0 Å². The summed E-state index contributed by atoms with van der Waals surface area (Å²) in [7, 11) is 0. The molecule has 0 bridgehead atoms. The molecule has 0 aliphatic heterocycles. The van der Waals surface area contributed by atoms with Gasteiger partial charge in [-0.15, -0.1) is 0 Å². The summed E-state index contributed by atoms with van der Waals surface area (Å²) in [4.78, 5) is 14.5. The molecule has 0 aliphatic rings. The van der Waals surface area contributed by atoms with Crippen LogP contribution in [0.4, 0.5) is 0 Å².